The number of hydrogen-bond acceptors (Lipinski definition) is 7. The van der Waals surface area contributed by atoms with Gasteiger partial charge in [-0.25, -0.2) is 19.7 Å². The van der Waals surface area contributed by atoms with Gasteiger partial charge < -0.3 is 14.8 Å². The third-order valence-corrected chi connectivity index (χ3v) is 4.41. The van der Waals surface area contributed by atoms with Gasteiger partial charge in [0, 0.05) is 22.5 Å². The number of anilines is 1. The summed E-state index contributed by atoms with van der Waals surface area (Å²) in [5.41, 5.74) is 1.54. The molecular formula is C17H12N4O3S. The summed E-state index contributed by atoms with van der Waals surface area (Å²) >= 11 is 1.57. The van der Waals surface area contributed by atoms with Crippen LogP contribution in [-0.4, -0.2) is 26.0 Å². The molecule has 4 aromatic rings. The maximum absolute atomic E-state index is 11.0. The van der Waals surface area contributed by atoms with Gasteiger partial charge in [0.15, 0.2) is 0 Å². The number of fused-ring (bicyclic) bond motifs is 1. The average Bonchev–Trinajstić information content (AvgIpc) is 3.31. The number of nitrogens with one attached hydrogen (secondary N) is 1. The van der Waals surface area contributed by atoms with Crippen LogP contribution >= 0.6 is 11.3 Å². The summed E-state index contributed by atoms with van der Waals surface area (Å²) in [5, 5.41) is 16.0. The number of nitrogens with zero attached hydrogens (tertiary/aromatic N) is 3. The SMILES string of the molecule is O=C(O)c1ccc(-c2ccc3ncnc(NCc4nccs4)c3c2)o1. The van der Waals surface area contributed by atoms with E-state index in [0.717, 1.165) is 21.5 Å². The van der Waals surface area contributed by atoms with Crippen molar-refractivity contribution in [2.24, 2.45) is 0 Å². The molecule has 0 aliphatic rings. The predicted molar refractivity (Wildman–Crippen MR) is 93.6 cm³/mol. The minimum absolute atomic E-state index is 0.0958. The molecular weight excluding hydrogens is 340 g/mol. The van der Waals surface area contributed by atoms with E-state index in [1.165, 1.54) is 12.4 Å². The third-order valence-electron chi connectivity index (χ3n) is 3.63. The lowest BCUT2D eigenvalue weighted by Gasteiger charge is -2.08. The Balaban J connectivity index is 1.70. The van der Waals surface area contributed by atoms with Crippen LogP contribution in [0.25, 0.3) is 22.2 Å². The van der Waals surface area contributed by atoms with Crippen molar-refractivity contribution in [1.82, 2.24) is 15.0 Å². The molecule has 8 heteroatoms. The Labute approximate surface area is 146 Å². The molecule has 3 aromatic heterocycles. The molecule has 25 heavy (non-hydrogen) atoms. The monoisotopic (exact) mass is 352 g/mol. The van der Waals surface area contributed by atoms with Crippen molar-refractivity contribution in [3.63, 3.8) is 0 Å². The summed E-state index contributed by atoms with van der Waals surface area (Å²) in [5.74, 6) is -0.0243. The van der Waals surface area contributed by atoms with Crippen LogP contribution in [0.15, 0.2) is 52.7 Å². The van der Waals surface area contributed by atoms with Crippen molar-refractivity contribution in [1.29, 1.82) is 0 Å². The molecule has 0 bridgehead atoms. The second-order valence-electron chi connectivity index (χ2n) is 5.20. The van der Waals surface area contributed by atoms with Crippen LogP contribution in [0.2, 0.25) is 0 Å². The van der Waals surface area contributed by atoms with Crippen molar-refractivity contribution < 1.29 is 14.3 Å². The standard InChI is InChI=1S/C17H12N4O3S/c22-17(23)14-4-3-13(24-14)10-1-2-12-11(7-10)16(21-9-20-12)19-8-15-18-5-6-25-15/h1-7,9H,8H2,(H,22,23)(H,19,20,21). The number of furan rings is 1. The molecule has 0 atom stereocenters. The van der Waals surface area contributed by atoms with E-state index in [9.17, 15) is 4.79 Å². The average molecular weight is 352 g/mol. The van der Waals surface area contributed by atoms with Gasteiger partial charge >= 0.3 is 5.97 Å². The van der Waals surface area contributed by atoms with Gasteiger partial charge in [-0.1, -0.05) is 0 Å². The van der Waals surface area contributed by atoms with E-state index in [2.05, 4.69) is 20.3 Å². The van der Waals surface area contributed by atoms with E-state index >= 15 is 0 Å². The lowest BCUT2D eigenvalue weighted by Crippen LogP contribution is -2.02. The highest BCUT2D eigenvalue weighted by molar-refractivity contribution is 7.09. The predicted octanol–water partition coefficient (Wildman–Crippen LogP) is 3.66. The third kappa shape index (κ3) is 3.07. The minimum atomic E-state index is -1.10. The molecule has 0 saturated carbocycles. The zero-order valence-electron chi connectivity index (χ0n) is 12.8. The van der Waals surface area contributed by atoms with E-state index in [1.807, 2.05) is 23.6 Å². The van der Waals surface area contributed by atoms with Crippen molar-refractivity contribution in [2.45, 2.75) is 6.54 Å². The van der Waals surface area contributed by atoms with Gasteiger partial charge in [-0.3, -0.25) is 0 Å². The summed E-state index contributed by atoms with van der Waals surface area (Å²) < 4.78 is 5.37. The lowest BCUT2D eigenvalue weighted by atomic mass is 10.1. The Bertz CT molecular complexity index is 1040. The number of carbonyl (C=O) groups is 1. The number of aromatic nitrogens is 3. The van der Waals surface area contributed by atoms with E-state index in [-0.39, 0.29) is 5.76 Å². The van der Waals surface area contributed by atoms with Crippen LogP contribution in [-0.2, 0) is 6.54 Å². The Morgan fingerprint density at radius 3 is 2.88 bits per heavy atom. The summed E-state index contributed by atoms with van der Waals surface area (Å²) in [6.07, 6.45) is 3.26. The number of rotatable bonds is 5. The fraction of sp³-hybridized carbons (Fsp3) is 0.0588. The number of carboxylic acid groups (broad SMARTS) is 1. The molecule has 0 radical (unpaired) electrons. The normalized spacial score (nSPS) is 10.9. The molecule has 3 heterocycles. The number of carboxylic acids is 1. The van der Waals surface area contributed by atoms with Gasteiger partial charge in [0.25, 0.3) is 0 Å². The first-order valence-electron chi connectivity index (χ1n) is 7.41. The molecule has 1 aromatic carbocycles. The highest BCUT2D eigenvalue weighted by Crippen LogP contribution is 2.28. The van der Waals surface area contributed by atoms with Crippen LogP contribution in [0.3, 0.4) is 0 Å². The van der Waals surface area contributed by atoms with E-state index in [0.29, 0.717) is 18.1 Å². The van der Waals surface area contributed by atoms with Gasteiger partial charge in [0.05, 0.1) is 12.1 Å². The second kappa shape index (κ2) is 6.33. The van der Waals surface area contributed by atoms with Crippen molar-refractivity contribution >= 4 is 34.0 Å². The molecule has 0 aliphatic carbocycles. The van der Waals surface area contributed by atoms with Crippen LogP contribution in [0.5, 0.6) is 0 Å². The summed E-state index contributed by atoms with van der Waals surface area (Å²) in [7, 11) is 0. The van der Waals surface area contributed by atoms with E-state index in [1.54, 1.807) is 23.6 Å². The number of aromatic carboxylic acids is 1. The first-order chi connectivity index (χ1) is 12.2. The van der Waals surface area contributed by atoms with Crippen molar-refractivity contribution in [3.8, 4) is 11.3 Å². The Kier molecular flexibility index (Phi) is 3.87. The smallest absolute Gasteiger partial charge is 0.371 e. The maximum Gasteiger partial charge on any atom is 0.371 e. The van der Waals surface area contributed by atoms with Crippen LogP contribution in [0.4, 0.5) is 5.82 Å². The van der Waals surface area contributed by atoms with Crippen LogP contribution in [0.1, 0.15) is 15.6 Å². The molecule has 7 nitrogen and oxygen atoms in total. The largest absolute Gasteiger partial charge is 0.475 e. The molecule has 0 saturated heterocycles. The summed E-state index contributed by atoms with van der Waals surface area (Å²) in [4.78, 5) is 23.8. The van der Waals surface area contributed by atoms with Crippen LogP contribution in [0, 0.1) is 0 Å². The molecule has 0 amide bonds. The van der Waals surface area contributed by atoms with Gasteiger partial charge in [0.1, 0.15) is 22.9 Å². The molecule has 0 fully saturated rings. The first kappa shape index (κ1) is 15.3. The fourth-order valence-electron chi connectivity index (χ4n) is 2.46. The maximum atomic E-state index is 11.0. The topological polar surface area (TPSA) is 101 Å². The first-order valence-corrected chi connectivity index (χ1v) is 8.29. The van der Waals surface area contributed by atoms with Gasteiger partial charge in [-0.05, 0) is 30.3 Å². The molecule has 0 unspecified atom stereocenters. The Morgan fingerprint density at radius 1 is 1.20 bits per heavy atom. The quantitative estimate of drug-likeness (QED) is 0.565. The van der Waals surface area contributed by atoms with Crippen molar-refractivity contribution in [3.05, 3.63) is 59.0 Å². The van der Waals surface area contributed by atoms with Crippen LogP contribution < -0.4 is 5.32 Å². The zero-order valence-corrected chi connectivity index (χ0v) is 13.7. The highest BCUT2D eigenvalue weighted by Gasteiger charge is 2.12. The van der Waals surface area contributed by atoms with Gasteiger partial charge in [-0.15, -0.1) is 11.3 Å². The van der Waals surface area contributed by atoms with Gasteiger partial charge in [-0.2, -0.15) is 0 Å². The molecule has 4 rings (SSSR count). The van der Waals surface area contributed by atoms with Gasteiger partial charge in [0.2, 0.25) is 5.76 Å². The molecule has 2 N–H and O–H groups in total. The summed E-state index contributed by atoms with van der Waals surface area (Å²) in [6, 6.07) is 8.64. The Morgan fingerprint density at radius 2 is 2.12 bits per heavy atom. The molecule has 124 valence electrons. The van der Waals surface area contributed by atoms with E-state index in [4.69, 9.17) is 9.52 Å². The van der Waals surface area contributed by atoms with E-state index < -0.39 is 5.97 Å². The fourth-order valence-corrected chi connectivity index (χ4v) is 3.01. The Hall–Kier alpha value is -3.26. The summed E-state index contributed by atoms with van der Waals surface area (Å²) in [6.45, 7) is 0.567. The molecule has 0 spiro atoms. The molecule has 0 aliphatic heterocycles. The minimum Gasteiger partial charge on any atom is -0.475 e. The second-order valence-corrected chi connectivity index (χ2v) is 6.18. The van der Waals surface area contributed by atoms with Crippen molar-refractivity contribution in [2.75, 3.05) is 5.32 Å². The highest BCUT2D eigenvalue weighted by atomic mass is 32.1. The number of hydrogen-bond donors (Lipinski definition) is 2. The number of thiazole rings is 1. The zero-order chi connectivity index (χ0) is 17.2. The lowest BCUT2D eigenvalue weighted by molar-refractivity contribution is 0.0663. The number of benzene rings is 1.